The zero-order valence-corrected chi connectivity index (χ0v) is 14.0. The van der Waals surface area contributed by atoms with Crippen molar-refractivity contribution in [3.8, 4) is 0 Å². The minimum atomic E-state index is -4.72. The van der Waals surface area contributed by atoms with Gasteiger partial charge in [0.1, 0.15) is 5.82 Å². The lowest BCUT2D eigenvalue weighted by molar-refractivity contribution is -0.147. The van der Waals surface area contributed by atoms with Crippen LogP contribution in [0.25, 0.3) is 0 Å². The molecule has 0 saturated heterocycles. The Morgan fingerprint density at radius 3 is 2.46 bits per heavy atom. The molecule has 28 heavy (non-hydrogen) atoms. The number of halogens is 6. The molecule has 2 aromatic rings. The maximum absolute atomic E-state index is 13.9. The predicted octanol–water partition coefficient (Wildman–Crippen LogP) is 2.32. The first-order valence-electron chi connectivity index (χ1n) is 8.17. The first-order valence-corrected chi connectivity index (χ1v) is 8.17. The molecular formula is C16H11F6N5O. The van der Waals surface area contributed by atoms with Gasteiger partial charge in [0, 0.05) is 25.6 Å². The molecule has 3 heterocycles. The molecule has 1 unspecified atom stereocenters. The highest BCUT2D eigenvalue weighted by Gasteiger charge is 2.43. The van der Waals surface area contributed by atoms with Crippen LogP contribution in [-0.2, 0) is 23.9 Å². The second-order valence-electron chi connectivity index (χ2n) is 6.41. The quantitative estimate of drug-likeness (QED) is 0.571. The van der Waals surface area contributed by atoms with Gasteiger partial charge in [-0.25, -0.2) is 13.2 Å². The molecule has 6 nitrogen and oxygen atoms in total. The zero-order valence-electron chi connectivity index (χ0n) is 14.0. The van der Waals surface area contributed by atoms with Crippen LogP contribution in [0.1, 0.15) is 23.6 Å². The lowest BCUT2D eigenvalue weighted by Crippen LogP contribution is -2.49. The van der Waals surface area contributed by atoms with Gasteiger partial charge in [0.25, 0.3) is 0 Å². The van der Waals surface area contributed by atoms with Gasteiger partial charge in [-0.15, -0.1) is 10.2 Å². The molecule has 0 saturated carbocycles. The molecule has 148 valence electrons. The van der Waals surface area contributed by atoms with Crippen LogP contribution in [0.5, 0.6) is 0 Å². The van der Waals surface area contributed by atoms with Gasteiger partial charge in [-0.3, -0.25) is 19.3 Å². The SMILES string of the molecule is O=C1CC(Cc2cc(F)c(F)cc2F)N=C2c3nnc(C(F)(F)F)n3CCN12. The number of fused-ring (bicyclic) bond motifs is 3. The van der Waals surface area contributed by atoms with Crippen molar-refractivity contribution in [3.63, 3.8) is 0 Å². The van der Waals surface area contributed by atoms with Crippen LogP contribution < -0.4 is 0 Å². The van der Waals surface area contributed by atoms with E-state index >= 15 is 0 Å². The molecule has 0 fully saturated rings. The van der Waals surface area contributed by atoms with Crippen molar-refractivity contribution in [3.05, 3.63) is 46.8 Å². The highest BCUT2D eigenvalue weighted by molar-refractivity contribution is 6.08. The van der Waals surface area contributed by atoms with Crippen molar-refractivity contribution in [1.82, 2.24) is 19.7 Å². The summed E-state index contributed by atoms with van der Waals surface area (Å²) >= 11 is 0. The summed E-state index contributed by atoms with van der Waals surface area (Å²) in [5.41, 5.74) is -0.192. The third-order valence-electron chi connectivity index (χ3n) is 4.57. The minimum absolute atomic E-state index is 0.0436. The monoisotopic (exact) mass is 403 g/mol. The second-order valence-corrected chi connectivity index (χ2v) is 6.41. The van der Waals surface area contributed by atoms with E-state index in [2.05, 4.69) is 15.2 Å². The predicted molar refractivity (Wildman–Crippen MR) is 81.7 cm³/mol. The van der Waals surface area contributed by atoms with E-state index in [4.69, 9.17) is 0 Å². The second kappa shape index (κ2) is 6.31. The first-order chi connectivity index (χ1) is 13.1. The molecule has 2 aliphatic rings. The highest BCUT2D eigenvalue weighted by Crippen LogP contribution is 2.31. The summed E-state index contributed by atoms with van der Waals surface area (Å²) in [6, 6.07) is 0.199. The van der Waals surface area contributed by atoms with Crippen LogP contribution in [0, 0.1) is 17.5 Å². The number of carbonyl (C=O) groups is 1. The molecule has 12 heteroatoms. The average molecular weight is 403 g/mol. The van der Waals surface area contributed by atoms with Gasteiger partial charge >= 0.3 is 6.18 Å². The number of carbonyl (C=O) groups excluding carboxylic acids is 1. The fraction of sp³-hybridized carbons (Fsp3) is 0.375. The molecule has 1 amide bonds. The Balaban J connectivity index is 1.70. The third kappa shape index (κ3) is 3.02. The van der Waals surface area contributed by atoms with Gasteiger partial charge in [-0.05, 0) is 18.1 Å². The Labute approximate surface area is 153 Å². The van der Waals surface area contributed by atoms with Crippen molar-refractivity contribution in [2.75, 3.05) is 6.54 Å². The van der Waals surface area contributed by atoms with Gasteiger partial charge in [0.05, 0.1) is 6.04 Å². The minimum Gasteiger partial charge on any atom is -0.299 e. The van der Waals surface area contributed by atoms with E-state index in [-0.39, 0.29) is 43.2 Å². The van der Waals surface area contributed by atoms with Gasteiger partial charge in [0.2, 0.25) is 11.7 Å². The Morgan fingerprint density at radius 1 is 1.04 bits per heavy atom. The topological polar surface area (TPSA) is 63.4 Å². The van der Waals surface area contributed by atoms with E-state index in [9.17, 15) is 31.1 Å². The number of amides is 1. The van der Waals surface area contributed by atoms with E-state index in [1.165, 1.54) is 4.90 Å². The lowest BCUT2D eigenvalue weighted by Gasteiger charge is -2.34. The number of aliphatic imine (C=N–C) groups is 1. The summed E-state index contributed by atoms with van der Waals surface area (Å²) in [4.78, 5) is 17.8. The van der Waals surface area contributed by atoms with Crippen molar-refractivity contribution >= 4 is 11.7 Å². The van der Waals surface area contributed by atoms with E-state index in [1.54, 1.807) is 0 Å². The largest absolute Gasteiger partial charge is 0.451 e. The summed E-state index contributed by atoms with van der Waals surface area (Å²) in [5, 5.41) is 6.66. The Hall–Kier alpha value is -2.92. The fourth-order valence-electron chi connectivity index (χ4n) is 3.31. The lowest BCUT2D eigenvalue weighted by atomic mass is 10.0. The molecule has 0 bridgehead atoms. The zero-order chi connectivity index (χ0) is 20.2. The first kappa shape index (κ1) is 18.4. The molecule has 0 N–H and O–H groups in total. The van der Waals surface area contributed by atoms with E-state index in [0.29, 0.717) is 12.1 Å². The van der Waals surface area contributed by atoms with Gasteiger partial charge < -0.3 is 0 Å². The van der Waals surface area contributed by atoms with Gasteiger partial charge in [0.15, 0.2) is 23.3 Å². The summed E-state index contributed by atoms with van der Waals surface area (Å²) in [5.74, 6) is -5.55. The number of hydrogen-bond acceptors (Lipinski definition) is 4. The van der Waals surface area contributed by atoms with Crippen LogP contribution in [0.4, 0.5) is 26.3 Å². The average Bonchev–Trinajstić information content (AvgIpc) is 3.04. The van der Waals surface area contributed by atoms with Crippen molar-refractivity contribution in [2.45, 2.75) is 31.6 Å². The summed E-state index contributed by atoms with van der Waals surface area (Å²) < 4.78 is 80.3. The number of benzene rings is 1. The molecule has 0 radical (unpaired) electrons. The standard InChI is InChI=1S/C16H11F6N5O/c17-9-6-11(19)10(18)4-7(9)3-8-5-12(28)26-1-2-27-14(13(26)23-8)24-25-15(27)16(20,21)22/h4,6,8H,1-3,5H2. The normalized spacial score (nSPS) is 19.4. The summed E-state index contributed by atoms with van der Waals surface area (Å²) in [7, 11) is 0. The molecule has 2 aliphatic heterocycles. The maximum Gasteiger partial charge on any atom is 0.451 e. The van der Waals surface area contributed by atoms with Gasteiger partial charge in [-0.1, -0.05) is 0 Å². The molecule has 1 atom stereocenters. The number of rotatable bonds is 2. The third-order valence-corrected chi connectivity index (χ3v) is 4.57. The van der Waals surface area contributed by atoms with Crippen LogP contribution in [0.15, 0.2) is 17.1 Å². The molecular weight excluding hydrogens is 392 g/mol. The van der Waals surface area contributed by atoms with E-state index in [1.807, 2.05) is 0 Å². The molecule has 0 spiro atoms. The molecule has 1 aromatic heterocycles. The highest BCUT2D eigenvalue weighted by atomic mass is 19.4. The van der Waals surface area contributed by atoms with Crippen molar-refractivity contribution in [2.24, 2.45) is 4.99 Å². The number of amidine groups is 1. The van der Waals surface area contributed by atoms with Crippen LogP contribution in [-0.4, -0.2) is 44.0 Å². The Kier molecular flexibility index (Phi) is 4.16. The molecule has 4 rings (SSSR count). The molecule has 1 aromatic carbocycles. The van der Waals surface area contributed by atoms with Crippen LogP contribution in [0.3, 0.4) is 0 Å². The molecule has 0 aliphatic carbocycles. The van der Waals surface area contributed by atoms with Gasteiger partial charge in [-0.2, -0.15) is 13.2 Å². The summed E-state index contributed by atoms with van der Waals surface area (Å²) in [6.07, 6.45) is -5.10. The number of aromatic nitrogens is 3. The number of alkyl halides is 3. The Bertz CT molecular complexity index is 998. The number of hydrogen-bond donors (Lipinski definition) is 0. The van der Waals surface area contributed by atoms with Crippen LogP contribution >= 0.6 is 0 Å². The van der Waals surface area contributed by atoms with Crippen molar-refractivity contribution < 1.29 is 31.1 Å². The van der Waals surface area contributed by atoms with Crippen LogP contribution in [0.2, 0.25) is 0 Å². The maximum atomic E-state index is 13.9. The Morgan fingerprint density at radius 2 is 1.75 bits per heavy atom. The fourth-order valence-corrected chi connectivity index (χ4v) is 3.31. The van der Waals surface area contributed by atoms with Crippen molar-refractivity contribution in [1.29, 1.82) is 0 Å². The number of nitrogens with zero attached hydrogens (tertiary/aromatic N) is 5. The van der Waals surface area contributed by atoms with E-state index < -0.39 is 41.4 Å². The van der Waals surface area contributed by atoms with E-state index in [0.717, 1.165) is 4.57 Å². The smallest absolute Gasteiger partial charge is 0.299 e. The summed E-state index contributed by atoms with van der Waals surface area (Å²) in [6.45, 7) is -0.192.